The van der Waals surface area contributed by atoms with E-state index in [0.29, 0.717) is 6.54 Å². The van der Waals surface area contributed by atoms with Crippen LogP contribution in [0.3, 0.4) is 0 Å². The van der Waals surface area contributed by atoms with Crippen molar-refractivity contribution in [2.24, 2.45) is 0 Å². The predicted molar refractivity (Wildman–Crippen MR) is 44.5 cm³/mol. The Morgan fingerprint density at radius 2 is 2.00 bits per heavy atom. The Hall–Kier alpha value is -1.06. The lowest BCUT2D eigenvalue weighted by Crippen LogP contribution is -2.48. The standard InChI is InChI=1S/C8H14N2O2/c1-3-9-7(12)8(4-5-8)10-6(2)11/h3-5H2,1-2H3,(H,9,12)(H,10,11). The van der Waals surface area contributed by atoms with Crippen LogP contribution in [0.5, 0.6) is 0 Å². The number of hydrogen-bond donors (Lipinski definition) is 2. The maximum Gasteiger partial charge on any atom is 0.245 e. The van der Waals surface area contributed by atoms with E-state index < -0.39 is 5.54 Å². The zero-order chi connectivity index (χ0) is 9.19. The Labute approximate surface area is 71.7 Å². The minimum atomic E-state index is -0.568. The van der Waals surface area contributed by atoms with E-state index in [4.69, 9.17) is 0 Å². The second kappa shape index (κ2) is 3.13. The summed E-state index contributed by atoms with van der Waals surface area (Å²) in [6, 6.07) is 0. The maximum absolute atomic E-state index is 11.3. The van der Waals surface area contributed by atoms with Gasteiger partial charge in [-0.3, -0.25) is 9.59 Å². The first-order valence-electron chi connectivity index (χ1n) is 4.18. The average molecular weight is 170 g/mol. The summed E-state index contributed by atoms with van der Waals surface area (Å²) in [7, 11) is 0. The number of rotatable bonds is 3. The lowest BCUT2D eigenvalue weighted by Gasteiger charge is -2.14. The Morgan fingerprint density at radius 1 is 1.42 bits per heavy atom. The first-order chi connectivity index (χ1) is 5.60. The molecule has 4 heteroatoms. The highest BCUT2D eigenvalue weighted by Gasteiger charge is 2.50. The molecule has 0 heterocycles. The van der Waals surface area contributed by atoms with Crippen LogP contribution in [0.25, 0.3) is 0 Å². The zero-order valence-electron chi connectivity index (χ0n) is 7.44. The molecule has 0 radical (unpaired) electrons. The van der Waals surface area contributed by atoms with Crippen LogP contribution in [0, 0.1) is 0 Å². The molecule has 0 aromatic carbocycles. The average Bonchev–Trinajstić information content (AvgIpc) is 2.69. The molecule has 0 spiro atoms. The van der Waals surface area contributed by atoms with Gasteiger partial charge in [0, 0.05) is 13.5 Å². The van der Waals surface area contributed by atoms with Gasteiger partial charge in [-0.2, -0.15) is 0 Å². The SMILES string of the molecule is CCNC(=O)C1(NC(C)=O)CC1. The van der Waals surface area contributed by atoms with Crippen molar-refractivity contribution in [3.63, 3.8) is 0 Å². The molecular formula is C8H14N2O2. The molecule has 1 aliphatic rings. The topological polar surface area (TPSA) is 58.2 Å². The fraction of sp³-hybridized carbons (Fsp3) is 0.750. The van der Waals surface area contributed by atoms with Gasteiger partial charge in [0.2, 0.25) is 11.8 Å². The molecule has 1 aliphatic carbocycles. The molecule has 1 fully saturated rings. The Balaban J connectivity index is 2.48. The second-order valence-corrected chi connectivity index (χ2v) is 3.12. The summed E-state index contributed by atoms with van der Waals surface area (Å²) in [5.74, 6) is -0.195. The molecule has 0 atom stereocenters. The van der Waals surface area contributed by atoms with Crippen molar-refractivity contribution in [3.05, 3.63) is 0 Å². The summed E-state index contributed by atoms with van der Waals surface area (Å²) in [6.07, 6.45) is 1.52. The van der Waals surface area contributed by atoms with Gasteiger partial charge in [-0.05, 0) is 19.8 Å². The van der Waals surface area contributed by atoms with Gasteiger partial charge < -0.3 is 10.6 Å². The molecule has 0 aliphatic heterocycles. The molecule has 0 bridgehead atoms. The summed E-state index contributed by atoms with van der Waals surface area (Å²) in [5, 5.41) is 5.36. The van der Waals surface area contributed by atoms with Crippen LogP contribution < -0.4 is 10.6 Å². The Bertz CT molecular complexity index is 209. The van der Waals surface area contributed by atoms with Gasteiger partial charge in [0.15, 0.2) is 0 Å². The van der Waals surface area contributed by atoms with E-state index in [2.05, 4.69) is 10.6 Å². The molecule has 0 aromatic heterocycles. The van der Waals surface area contributed by atoms with Crippen LogP contribution in [0.15, 0.2) is 0 Å². The third kappa shape index (κ3) is 1.75. The normalized spacial score (nSPS) is 18.2. The van der Waals surface area contributed by atoms with Crippen LogP contribution >= 0.6 is 0 Å². The van der Waals surface area contributed by atoms with Gasteiger partial charge >= 0.3 is 0 Å². The van der Waals surface area contributed by atoms with Gasteiger partial charge in [0.1, 0.15) is 5.54 Å². The van der Waals surface area contributed by atoms with Crippen LogP contribution in [-0.2, 0) is 9.59 Å². The first-order valence-corrected chi connectivity index (χ1v) is 4.18. The Kier molecular flexibility index (Phi) is 2.35. The number of carbonyl (C=O) groups excluding carboxylic acids is 2. The largest absolute Gasteiger partial charge is 0.354 e. The summed E-state index contributed by atoms with van der Waals surface area (Å²) in [4.78, 5) is 22.1. The third-order valence-corrected chi connectivity index (χ3v) is 1.94. The fourth-order valence-electron chi connectivity index (χ4n) is 1.20. The van der Waals surface area contributed by atoms with Gasteiger partial charge in [-0.15, -0.1) is 0 Å². The maximum atomic E-state index is 11.3. The summed E-state index contributed by atoms with van der Waals surface area (Å²) >= 11 is 0. The summed E-state index contributed by atoms with van der Waals surface area (Å²) in [5.41, 5.74) is -0.568. The molecular weight excluding hydrogens is 156 g/mol. The molecule has 2 amide bonds. The lowest BCUT2D eigenvalue weighted by atomic mass is 10.2. The molecule has 12 heavy (non-hydrogen) atoms. The molecule has 1 saturated carbocycles. The highest BCUT2D eigenvalue weighted by molar-refractivity contribution is 5.93. The minimum absolute atomic E-state index is 0.0554. The molecule has 68 valence electrons. The molecule has 1 rings (SSSR count). The van der Waals surface area contributed by atoms with Crippen molar-refractivity contribution in [1.29, 1.82) is 0 Å². The van der Waals surface area contributed by atoms with E-state index in [1.807, 2.05) is 6.92 Å². The second-order valence-electron chi connectivity index (χ2n) is 3.12. The van der Waals surface area contributed by atoms with Gasteiger partial charge in [-0.1, -0.05) is 0 Å². The van der Waals surface area contributed by atoms with E-state index in [1.54, 1.807) is 0 Å². The van der Waals surface area contributed by atoms with Crippen LogP contribution in [0.2, 0.25) is 0 Å². The smallest absolute Gasteiger partial charge is 0.245 e. The summed E-state index contributed by atoms with van der Waals surface area (Å²) in [6.45, 7) is 3.90. The third-order valence-electron chi connectivity index (χ3n) is 1.94. The number of hydrogen-bond acceptors (Lipinski definition) is 2. The van der Waals surface area contributed by atoms with E-state index >= 15 is 0 Å². The van der Waals surface area contributed by atoms with Crippen molar-refractivity contribution in [2.75, 3.05) is 6.54 Å². The van der Waals surface area contributed by atoms with Crippen molar-refractivity contribution in [1.82, 2.24) is 10.6 Å². The van der Waals surface area contributed by atoms with Gasteiger partial charge in [0.05, 0.1) is 0 Å². The van der Waals surface area contributed by atoms with E-state index in [0.717, 1.165) is 12.8 Å². The lowest BCUT2D eigenvalue weighted by molar-refractivity contribution is -0.129. The Morgan fingerprint density at radius 3 is 2.33 bits per heavy atom. The highest BCUT2D eigenvalue weighted by Crippen LogP contribution is 2.35. The number of amides is 2. The highest BCUT2D eigenvalue weighted by atomic mass is 16.2. The number of likely N-dealkylation sites (N-methyl/N-ethyl adjacent to an activating group) is 1. The van der Waals surface area contributed by atoms with Crippen LogP contribution in [-0.4, -0.2) is 23.9 Å². The minimum Gasteiger partial charge on any atom is -0.354 e. The number of carbonyl (C=O) groups is 2. The summed E-state index contributed by atoms with van der Waals surface area (Å²) < 4.78 is 0. The van der Waals surface area contributed by atoms with Crippen LogP contribution in [0.1, 0.15) is 26.7 Å². The zero-order valence-corrected chi connectivity index (χ0v) is 7.44. The van der Waals surface area contributed by atoms with Gasteiger partial charge in [0.25, 0.3) is 0 Å². The quantitative estimate of drug-likeness (QED) is 0.615. The molecule has 0 saturated heterocycles. The van der Waals surface area contributed by atoms with E-state index in [-0.39, 0.29) is 11.8 Å². The van der Waals surface area contributed by atoms with E-state index in [1.165, 1.54) is 6.92 Å². The van der Waals surface area contributed by atoms with Crippen molar-refractivity contribution in [3.8, 4) is 0 Å². The molecule has 2 N–H and O–H groups in total. The predicted octanol–water partition coefficient (Wildman–Crippen LogP) is -0.209. The molecule has 0 unspecified atom stereocenters. The fourth-order valence-corrected chi connectivity index (χ4v) is 1.20. The van der Waals surface area contributed by atoms with Crippen molar-refractivity contribution in [2.45, 2.75) is 32.2 Å². The first kappa shape index (κ1) is 9.03. The number of nitrogens with one attached hydrogen (secondary N) is 2. The van der Waals surface area contributed by atoms with Crippen molar-refractivity contribution >= 4 is 11.8 Å². The van der Waals surface area contributed by atoms with Gasteiger partial charge in [-0.25, -0.2) is 0 Å². The van der Waals surface area contributed by atoms with E-state index in [9.17, 15) is 9.59 Å². The van der Waals surface area contributed by atoms with Crippen molar-refractivity contribution < 1.29 is 9.59 Å². The van der Waals surface area contributed by atoms with Crippen LogP contribution in [0.4, 0.5) is 0 Å². The molecule has 4 nitrogen and oxygen atoms in total. The monoisotopic (exact) mass is 170 g/mol. The molecule has 0 aromatic rings.